The minimum Gasteiger partial charge on any atom is -0.461 e. The molecule has 0 fully saturated rings. The highest BCUT2D eigenvalue weighted by Gasteiger charge is 2.16. The normalized spacial score (nSPS) is 11.0. The molecule has 0 saturated carbocycles. The summed E-state index contributed by atoms with van der Waals surface area (Å²) < 4.78 is 12.5. The highest BCUT2D eigenvalue weighted by molar-refractivity contribution is 7.98. The van der Waals surface area contributed by atoms with Crippen LogP contribution in [0.1, 0.15) is 30.1 Å². The van der Waals surface area contributed by atoms with E-state index in [1.165, 1.54) is 18.7 Å². The molecule has 0 aliphatic carbocycles. The molecular weight excluding hydrogens is 304 g/mol. The molecule has 0 bridgehead atoms. The molecular formula is C14H14N4O3S. The maximum atomic E-state index is 11.2. The van der Waals surface area contributed by atoms with E-state index in [0.717, 1.165) is 11.7 Å². The fraction of sp³-hybridized carbons (Fsp3) is 0.286. The van der Waals surface area contributed by atoms with Crippen LogP contribution in [-0.2, 0) is 12.3 Å². The predicted molar refractivity (Wildman–Crippen MR) is 79.5 cm³/mol. The Morgan fingerprint density at radius 3 is 2.91 bits per heavy atom. The molecule has 3 heterocycles. The summed E-state index contributed by atoms with van der Waals surface area (Å²) in [4.78, 5) is 11.2. The molecule has 3 rings (SSSR count). The highest BCUT2D eigenvalue weighted by atomic mass is 32.2. The number of nitrogens with zero attached hydrogens (tertiary/aromatic N) is 4. The summed E-state index contributed by atoms with van der Waals surface area (Å²) in [6.45, 7) is 4.20. The van der Waals surface area contributed by atoms with Crippen LogP contribution in [0.3, 0.4) is 0 Å². The Balaban J connectivity index is 1.76. The molecule has 0 saturated heterocycles. The monoisotopic (exact) mass is 318 g/mol. The van der Waals surface area contributed by atoms with Crippen molar-refractivity contribution in [2.75, 3.05) is 0 Å². The Morgan fingerprint density at radius 2 is 2.27 bits per heavy atom. The van der Waals surface area contributed by atoms with Gasteiger partial charge in [-0.1, -0.05) is 16.9 Å². The summed E-state index contributed by atoms with van der Waals surface area (Å²) in [7, 11) is 0. The summed E-state index contributed by atoms with van der Waals surface area (Å²) in [5.74, 6) is 2.41. The first-order valence-corrected chi connectivity index (χ1v) is 7.74. The van der Waals surface area contributed by atoms with Crippen LogP contribution in [0.2, 0.25) is 0 Å². The van der Waals surface area contributed by atoms with Crippen molar-refractivity contribution in [3.63, 3.8) is 0 Å². The lowest BCUT2D eigenvalue weighted by molar-refractivity contribution is 0.100. The Morgan fingerprint density at radius 1 is 1.41 bits per heavy atom. The van der Waals surface area contributed by atoms with Gasteiger partial charge in [0.15, 0.2) is 22.5 Å². The number of hydrogen-bond donors (Lipinski definition) is 0. The van der Waals surface area contributed by atoms with E-state index in [1.807, 2.05) is 23.6 Å². The molecule has 0 unspecified atom stereocenters. The third kappa shape index (κ3) is 2.82. The third-order valence-corrected chi connectivity index (χ3v) is 4.03. The van der Waals surface area contributed by atoms with Crippen molar-refractivity contribution in [3.8, 4) is 11.6 Å². The highest BCUT2D eigenvalue weighted by Crippen LogP contribution is 2.26. The van der Waals surface area contributed by atoms with Crippen LogP contribution in [0, 0.1) is 0 Å². The van der Waals surface area contributed by atoms with Crippen molar-refractivity contribution >= 4 is 17.5 Å². The van der Waals surface area contributed by atoms with Gasteiger partial charge in [0.25, 0.3) is 0 Å². The zero-order valence-electron chi connectivity index (χ0n) is 12.1. The molecule has 3 aromatic heterocycles. The Kier molecular flexibility index (Phi) is 4.10. The molecule has 0 spiro atoms. The van der Waals surface area contributed by atoms with Crippen LogP contribution in [0.4, 0.5) is 0 Å². The van der Waals surface area contributed by atoms with Crippen molar-refractivity contribution in [3.05, 3.63) is 35.9 Å². The first-order valence-electron chi connectivity index (χ1n) is 6.75. The smallest absolute Gasteiger partial charge is 0.200 e. The molecule has 0 aliphatic heterocycles. The van der Waals surface area contributed by atoms with Gasteiger partial charge >= 0.3 is 0 Å². The second kappa shape index (κ2) is 6.18. The number of ketones is 1. The first kappa shape index (κ1) is 14.6. The van der Waals surface area contributed by atoms with Gasteiger partial charge in [0.05, 0.1) is 12.0 Å². The standard InChI is InChI=1S/C14H14N4O3S/c1-3-18-13(12-5-4-6-20-12)15-16-14(18)22-8-10-7-11(9(2)19)17-21-10/h4-7H,3,8H2,1-2H3. The maximum Gasteiger partial charge on any atom is 0.200 e. The van der Waals surface area contributed by atoms with E-state index >= 15 is 0 Å². The van der Waals surface area contributed by atoms with E-state index in [-0.39, 0.29) is 5.78 Å². The number of furan rings is 1. The Bertz CT molecular complexity index is 776. The number of aromatic nitrogens is 4. The Hall–Kier alpha value is -2.35. The SMILES string of the molecule is CCn1c(SCc2cc(C(C)=O)no2)nnc1-c1ccco1. The third-order valence-electron chi connectivity index (χ3n) is 3.04. The lowest BCUT2D eigenvalue weighted by atomic mass is 10.3. The number of rotatable bonds is 6. The summed E-state index contributed by atoms with van der Waals surface area (Å²) >= 11 is 1.47. The van der Waals surface area contributed by atoms with E-state index in [4.69, 9.17) is 8.94 Å². The topological polar surface area (TPSA) is 87.0 Å². The number of thioether (sulfide) groups is 1. The van der Waals surface area contributed by atoms with Gasteiger partial charge in [0.2, 0.25) is 0 Å². The summed E-state index contributed by atoms with van der Waals surface area (Å²) in [6.07, 6.45) is 1.61. The van der Waals surface area contributed by atoms with Crippen molar-refractivity contribution in [2.24, 2.45) is 0 Å². The van der Waals surface area contributed by atoms with Gasteiger partial charge in [-0.15, -0.1) is 10.2 Å². The molecule has 0 radical (unpaired) electrons. The minimum absolute atomic E-state index is 0.114. The maximum absolute atomic E-state index is 11.2. The average molecular weight is 318 g/mol. The molecule has 7 nitrogen and oxygen atoms in total. The fourth-order valence-corrected chi connectivity index (χ4v) is 2.83. The second-order valence-corrected chi connectivity index (χ2v) is 5.49. The van der Waals surface area contributed by atoms with E-state index < -0.39 is 0 Å². The van der Waals surface area contributed by atoms with Crippen molar-refractivity contribution in [1.29, 1.82) is 0 Å². The molecule has 0 atom stereocenters. The molecule has 3 aromatic rings. The number of carbonyl (C=O) groups is 1. The summed E-state index contributed by atoms with van der Waals surface area (Å²) in [5, 5.41) is 12.8. The van der Waals surface area contributed by atoms with Crippen LogP contribution >= 0.6 is 11.8 Å². The first-order chi connectivity index (χ1) is 10.7. The Labute approximate surface area is 130 Å². The van der Waals surface area contributed by atoms with Crippen LogP contribution in [0.5, 0.6) is 0 Å². The van der Waals surface area contributed by atoms with Crippen molar-refractivity contribution < 1.29 is 13.7 Å². The average Bonchev–Trinajstić information content (AvgIpc) is 3.23. The largest absolute Gasteiger partial charge is 0.461 e. The van der Waals surface area contributed by atoms with Crippen LogP contribution in [0.25, 0.3) is 11.6 Å². The zero-order valence-corrected chi connectivity index (χ0v) is 13.0. The fourth-order valence-electron chi connectivity index (χ4n) is 1.95. The van der Waals surface area contributed by atoms with Gasteiger partial charge < -0.3 is 8.94 Å². The van der Waals surface area contributed by atoms with Gasteiger partial charge in [-0.25, -0.2) is 0 Å². The van der Waals surface area contributed by atoms with Gasteiger partial charge in [0, 0.05) is 19.5 Å². The quantitative estimate of drug-likeness (QED) is 0.510. The minimum atomic E-state index is -0.114. The molecule has 0 aliphatic rings. The van der Waals surface area contributed by atoms with Gasteiger partial charge in [-0.3, -0.25) is 9.36 Å². The van der Waals surface area contributed by atoms with E-state index in [1.54, 1.807) is 12.3 Å². The van der Waals surface area contributed by atoms with Gasteiger partial charge in [-0.05, 0) is 19.1 Å². The number of hydrogen-bond acceptors (Lipinski definition) is 7. The number of Topliss-reactive ketones (excluding diaryl/α,β-unsaturated/α-hetero) is 1. The predicted octanol–water partition coefficient (Wildman–Crippen LogP) is 3.04. The summed E-state index contributed by atoms with van der Waals surface area (Å²) in [5.41, 5.74) is 0.337. The van der Waals surface area contributed by atoms with E-state index in [2.05, 4.69) is 15.4 Å². The van der Waals surface area contributed by atoms with Crippen molar-refractivity contribution in [2.45, 2.75) is 31.3 Å². The molecule has 0 aromatic carbocycles. The molecule has 8 heteroatoms. The molecule has 0 N–H and O–H groups in total. The van der Waals surface area contributed by atoms with Gasteiger partial charge in [0.1, 0.15) is 11.5 Å². The van der Waals surface area contributed by atoms with Crippen LogP contribution in [0.15, 0.2) is 38.6 Å². The number of carbonyl (C=O) groups excluding carboxylic acids is 1. The van der Waals surface area contributed by atoms with Gasteiger partial charge in [-0.2, -0.15) is 0 Å². The lowest BCUT2D eigenvalue weighted by Crippen LogP contribution is -1.99. The molecule has 22 heavy (non-hydrogen) atoms. The van der Waals surface area contributed by atoms with E-state index in [9.17, 15) is 4.79 Å². The van der Waals surface area contributed by atoms with Crippen molar-refractivity contribution in [1.82, 2.24) is 19.9 Å². The lowest BCUT2D eigenvalue weighted by Gasteiger charge is -2.04. The summed E-state index contributed by atoms with van der Waals surface area (Å²) in [6, 6.07) is 5.31. The van der Waals surface area contributed by atoms with Crippen LogP contribution in [-0.4, -0.2) is 25.7 Å². The molecule has 114 valence electrons. The molecule has 0 amide bonds. The van der Waals surface area contributed by atoms with E-state index in [0.29, 0.717) is 28.8 Å². The zero-order chi connectivity index (χ0) is 15.5. The van der Waals surface area contributed by atoms with Crippen LogP contribution < -0.4 is 0 Å². The second-order valence-electron chi connectivity index (χ2n) is 4.55.